The first kappa shape index (κ1) is 11.1. The first-order valence-corrected chi connectivity index (χ1v) is 4.89. The summed E-state index contributed by atoms with van der Waals surface area (Å²) in [5.41, 5.74) is 5.78. The van der Waals surface area contributed by atoms with Gasteiger partial charge < -0.3 is 10.5 Å². The van der Waals surface area contributed by atoms with Crippen LogP contribution in [0.2, 0.25) is 0 Å². The molecule has 2 N–H and O–H groups in total. The third-order valence-electron chi connectivity index (χ3n) is 2.48. The molecule has 0 aliphatic rings. The largest absolute Gasteiger partial charge is 0.497 e. The summed E-state index contributed by atoms with van der Waals surface area (Å²) in [5.74, 6) is -1.18. The molecule has 0 atom stereocenters. The van der Waals surface area contributed by atoms with Crippen molar-refractivity contribution in [3.05, 3.63) is 23.9 Å². The number of aromatic nitrogens is 2. The first-order chi connectivity index (χ1) is 8.04. The van der Waals surface area contributed by atoms with Gasteiger partial charge in [-0.15, -0.1) is 0 Å². The Bertz CT molecular complexity index is 616. The van der Waals surface area contributed by atoms with Crippen LogP contribution >= 0.6 is 0 Å². The molecular formula is C11H11N3O3. The fourth-order valence-corrected chi connectivity index (χ4v) is 1.69. The van der Waals surface area contributed by atoms with E-state index < -0.39 is 11.7 Å². The van der Waals surface area contributed by atoms with Gasteiger partial charge in [-0.1, -0.05) is 0 Å². The maximum atomic E-state index is 11.7. The zero-order valence-corrected chi connectivity index (χ0v) is 9.43. The topological polar surface area (TPSA) is 87.2 Å². The van der Waals surface area contributed by atoms with Gasteiger partial charge in [0.05, 0.1) is 12.6 Å². The van der Waals surface area contributed by atoms with Crippen molar-refractivity contribution in [2.75, 3.05) is 7.11 Å². The Morgan fingerprint density at radius 2 is 2.12 bits per heavy atom. The van der Waals surface area contributed by atoms with Crippen LogP contribution in [0.1, 0.15) is 10.5 Å². The van der Waals surface area contributed by atoms with Gasteiger partial charge >= 0.3 is 0 Å². The second-order valence-electron chi connectivity index (χ2n) is 3.55. The Balaban J connectivity index is 2.72. The standard InChI is InChI=1S/C11H11N3O3/c1-14-9(10(15)11(12)16)7-5-6(17-2)3-4-8(7)13-14/h3-5H,1-2H3,(H2,12,16). The van der Waals surface area contributed by atoms with Crippen LogP contribution in [0.3, 0.4) is 0 Å². The van der Waals surface area contributed by atoms with E-state index in [1.807, 2.05) is 0 Å². The van der Waals surface area contributed by atoms with E-state index in [1.165, 1.54) is 11.8 Å². The Hall–Kier alpha value is -2.37. The lowest BCUT2D eigenvalue weighted by Crippen LogP contribution is -2.25. The van der Waals surface area contributed by atoms with E-state index in [2.05, 4.69) is 5.10 Å². The fourth-order valence-electron chi connectivity index (χ4n) is 1.69. The summed E-state index contributed by atoms with van der Waals surface area (Å²) >= 11 is 0. The van der Waals surface area contributed by atoms with Gasteiger partial charge in [0.1, 0.15) is 11.4 Å². The molecule has 0 fully saturated rings. The maximum Gasteiger partial charge on any atom is 0.291 e. The summed E-state index contributed by atoms with van der Waals surface area (Å²) in [4.78, 5) is 22.6. The molecule has 1 heterocycles. The number of fused-ring (bicyclic) bond motifs is 1. The van der Waals surface area contributed by atoms with Crippen LogP contribution in [0.5, 0.6) is 5.75 Å². The van der Waals surface area contributed by atoms with Gasteiger partial charge in [-0.05, 0) is 18.2 Å². The van der Waals surface area contributed by atoms with E-state index in [9.17, 15) is 9.59 Å². The number of primary amides is 1. The number of hydrogen-bond donors (Lipinski definition) is 1. The zero-order valence-electron chi connectivity index (χ0n) is 9.43. The number of nitrogens with zero attached hydrogens (tertiary/aromatic N) is 2. The number of amides is 1. The lowest BCUT2D eigenvalue weighted by atomic mass is 10.1. The molecule has 0 saturated heterocycles. The Morgan fingerprint density at radius 3 is 2.71 bits per heavy atom. The van der Waals surface area contributed by atoms with Crippen LogP contribution in [-0.4, -0.2) is 28.6 Å². The van der Waals surface area contributed by atoms with Crippen LogP contribution in [0.15, 0.2) is 18.2 Å². The molecule has 0 aliphatic heterocycles. The van der Waals surface area contributed by atoms with Crippen molar-refractivity contribution in [3.8, 4) is 5.75 Å². The summed E-state index contributed by atoms with van der Waals surface area (Å²) in [6, 6.07) is 5.10. The number of carbonyl (C=O) groups excluding carboxylic acids is 2. The summed E-state index contributed by atoms with van der Waals surface area (Å²) in [5, 5.41) is 4.68. The number of ether oxygens (including phenoxy) is 1. The molecule has 0 spiro atoms. The predicted octanol–water partition coefficient (Wildman–Crippen LogP) is 0.250. The molecular weight excluding hydrogens is 222 g/mol. The zero-order chi connectivity index (χ0) is 12.6. The van der Waals surface area contributed by atoms with Crippen LogP contribution < -0.4 is 10.5 Å². The van der Waals surface area contributed by atoms with Gasteiger partial charge in [0.25, 0.3) is 11.7 Å². The van der Waals surface area contributed by atoms with E-state index in [0.29, 0.717) is 16.7 Å². The SMILES string of the molecule is COc1ccc2nn(C)c(C(=O)C(N)=O)c2c1. The van der Waals surface area contributed by atoms with Gasteiger partial charge in [-0.3, -0.25) is 14.3 Å². The fraction of sp³-hybridized carbons (Fsp3) is 0.182. The van der Waals surface area contributed by atoms with Crippen molar-refractivity contribution in [3.63, 3.8) is 0 Å². The highest BCUT2D eigenvalue weighted by Crippen LogP contribution is 2.23. The van der Waals surface area contributed by atoms with E-state index in [-0.39, 0.29) is 5.69 Å². The van der Waals surface area contributed by atoms with Crippen molar-refractivity contribution < 1.29 is 14.3 Å². The van der Waals surface area contributed by atoms with E-state index in [0.717, 1.165) is 0 Å². The second-order valence-corrected chi connectivity index (χ2v) is 3.55. The first-order valence-electron chi connectivity index (χ1n) is 4.89. The highest BCUT2D eigenvalue weighted by molar-refractivity contribution is 6.43. The van der Waals surface area contributed by atoms with E-state index in [1.54, 1.807) is 25.2 Å². The Labute approximate surface area is 97.0 Å². The van der Waals surface area contributed by atoms with Gasteiger partial charge in [-0.2, -0.15) is 5.10 Å². The van der Waals surface area contributed by atoms with Crippen molar-refractivity contribution in [1.82, 2.24) is 9.78 Å². The average molecular weight is 233 g/mol. The van der Waals surface area contributed by atoms with Crippen molar-refractivity contribution in [2.45, 2.75) is 0 Å². The highest BCUT2D eigenvalue weighted by atomic mass is 16.5. The highest BCUT2D eigenvalue weighted by Gasteiger charge is 2.21. The molecule has 17 heavy (non-hydrogen) atoms. The molecule has 6 nitrogen and oxygen atoms in total. The predicted molar refractivity (Wildman–Crippen MR) is 60.8 cm³/mol. The van der Waals surface area contributed by atoms with Gasteiger partial charge in [0, 0.05) is 12.4 Å². The van der Waals surface area contributed by atoms with E-state index in [4.69, 9.17) is 10.5 Å². The Kier molecular flexibility index (Phi) is 2.55. The second kappa shape index (κ2) is 3.89. The molecule has 0 unspecified atom stereocenters. The molecule has 2 rings (SSSR count). The molecule has 0 saturated carbocycles. The minimum atomic E-state index is -1.00. The smallest absolute Gasteiger partial charge is 0.291 e. The van der Waals surface area contributed by atoms with Crippen molar-refractivity contribution >= 4 is 22.6 Å². The van der Waals surface area contributed by atoms with Crippen LogP contribution in [0.4, 0.5) is 0 Å². The number of rotatable bonds is 3. The molecule has 6 heteroatoms. The number of benzene rings is 1. The third kappa shape index (κ3) is 1.73. The van der Waals surface area contributed by atoms with Crippen LogP contribution in [0, 0.1) is 0 Å². The summed E-state index contributed by atoms with van der Waals surface area (Å²) < 4.78 is 6.41. The number of Topliss-reactive ketones (excluding diaryl/α,β-unsaturated/α-hetero) is 1. The van der Waals surface area contributed by atoms with Crippen molar-refractivity contribution in [2.24, 2.45) is 12.8 Å². The lowest BCUT2D eigenvalue weighted by Gasteiger charge is -2.00. The molecule has 1 aromatic heterocycles. The number of ketones is 1. The quantitative estimate of drug-likeness (QED) is 0.608. The lowest BCUT2D eigenvalue weighted by molar-refractivity contribution is -0.114. The van der Waals surface area contributed by atoms with E-state index >= 15 is 0 Å². The third-order valence-corrected chi connectivity index (χ3v) is 2.48. The average Bonchev–Trinajstić information content (AvgIpc) is 2.62. The normalized spacial score (nSPS) is 10.5. The molecule has 1 aromatic carbocycles. The number of nitrogens with two attached hydrogens (primary N) is 1. The number of carbonyl (C=O) groups is 2. The monoisotopic (exact) mass is 233 g/mol. The van der Waals surface area contributed by atoms with Gasteiger partial charge in [0.15, 0.2) is 0 Å². The molecule has 0 radical (unpaired) electrons. The minimum absolute atomic E-state index is 0.173. The molecule has 2 aromatic rings. The number of aryl methyl sites for hydroxylation is 1. The van der Waals surface area contributed by atoms with Crippen LogP contribution in [-0.2, 0) is 11.8 Å². The summed E-state index contributed by atoms with van der Waals surface area (Å²) in [6.07, 6.45) is 0. The number of methoxy groups -OCH3 is 1. The minimum Gasteiger partial charge on any atom is -0.497 e. The number of hydrogen-bond acceptors (Lipinski definition) is 4. The molecule has 1 amide bonds. The van der Waals surface area contributed by atoms with Gasteiger partial charge in [0.2, 0.25) is 0 Å². The summed E-state index contributed by atoms with van der Waals surface area (Å²) in [7, 11) is 3.11. The molecule has 88 valence electrons. The summed E-state index contributed by atoms with van der Waals surface area (Å²) in [6.45, 7) is 0. The Morgan fingerprint density at radius 1 is 1.41 bits per heavy atom. The van der Waals surface area contributed by atoms with Gasteiger partial charge in [-0.25, -0.2) is 0 Å². The maximum absolute atomic E-state index is 11.7. The van der Waals surface area contributed by atoms with Crippen LogP contribution in [0.25, 0.3) is 10.9 Å². The molecule has 0 bridgehead atoms. The van der Waals surface area contributed by atoms with Crippen molar-refractivity contribution in [1.29, 1.82) is 0 Å². The molecule has 0 aliphatic carbocycles.